The summed E-state index contributed by atoms with van der Waals surface area (Å²) in [6.45, 7) is 6.32. The van der Waals surface area contributed by atoms with Gasteiger partial charge in [0.15, 0.2) is 0 Å². The standard InChI is InChI=1S/C14H24OS/c1-4-7-8-9-13(6-3)14(15)10-12-16-11-5-2/h13H,4-7,10-12H2,1-3H3. The van der Waals surface area contributed by atoms with Crippen molar-refractivity contribution >= 4 is 17.5 Å². The molecule has 0 bridgehead atoms. The van der Waals surface area contributed by atoms with Crippen LogP contribution in [0.3, 0.4) is 0 Å². The molecule has 0 aliphatic rings. The minimum absolute atomic E-state index is 0.0197. The molecule has 0 saturated heterocycles. The van der Waals surface area contributed by atoms with E-state index in [1.165, 1.54) is 6.42 Å². The molecule has 16 heavy (non-hydrogen) atoms. The average molecular weight is 240 g/mol. The topological polar surface area (TPSA) is 17.1 Å². The van der Waals surface area contributed by atoms with Crippen LogP contribution >= 0.6 is 11.8 Å². The van der Waals surface area contributed by atoms with Crippen LogP contribution in [-0.2, 0) is 4.79 Å². The van der Waals surface area contributed by atoms with Gasteiger partial charge in [0.25, 0.3) is 0 Å². The number of hydrogen-bond donors (Lipinski definition) is 0. The van der Waals surface area contributed by atoms with E-state index in [4.69, 9.17) is 0 Å². The molecule has 1 unspecified atom stereocenters. The van der Waals surface area contributed by atoms with E-state index >= 15 is 0 Å². The summed E-state index contributed by atoms with van der Waals surface area (Å²) in [6.07, 6.45) is 4.71. The van der Waals surface area contributed by atoms with E-state index in [2.05, 4.69) is 25.7 Å². The first-order valence-electron chi connectivity index (χ1n) is 6.35. The molecule has 0 N–H and O–H groups in total. The van der Waals surface area contributed by atoms with Gasteiger partial charge in [-0.15, -0.1) is 5.92 Å². The van der Waals surface area contributed by atoms with Crippen LogP contribution in [-0.4, -0.2) is 17.3 Å². The van der Waals surface area contributed by atoms with Gasteiger partial charge in [-0.25, -0.2) is 0 Å². The van der Waals surface area contributed by atoms with E-state index in [9.17, 15) is 4.79 Å². The fourth-order valence-corrected chi connectivity index (χ4v) is 2.16. The maximum absolute atomic E-state index is 11.8. The second-order valence-electron chi connectivity index (χ2n) is 3.86. The number of rotatable bonds is 8. The van der Waals surface area contributed by atoms with Crippen LogP contribution in [0, 0.1) is 17.8 Å². The van der Waals surface area contributed by atoms with Crippen molar-refractivity contribution in [3.05, 3.63) is 0 Å². The normalized spacial score (nSPS) is 11.7. The van der Waals surface area contributed by atoms with E-state index < -0.39 is 0 Å². The zero-order valence-corrected chi connectivity index (χ0v) is 11.7. The summed E-state index contributed by atoms with van der Waals surface area (Å²) in [5.41, 5.74) is 0. The molecule has 0 amide bonds. The van der Waals surface area contributed by atoms with Crippen molar-refractivity contribution in [1.29, 1.82) is 0 Å². The van der Waals surface area contributed by atoms with Gasteiger partial charge < -0.3 is 0 Å². The van der Waals surface area contributed by atoms with E-state index in [0.717, 1.165) is 30.8 Å². The van der Waals surface area contributed by atoms with E-state index in [-0.39, 0.29) is 5.92 Å². The third-order valence-electron chi connectivity index (χ3n) is 2.29. The average Bonchev–Trinajstić information content (AvgIpc) is 2.30. The molecular weight excluding hydrogens is 216 g/mol. The zero-order valence-electron chi connectivity index (χ0n) is 10.8. The van der Waals surface area contributed by atoms with Gasteiger partial charge in [0, 0.05) is 18.6 Å². The van der Waals surface area contributed by atoms with Gasteiger partial charge in [-0.3, -0.25) is 4.79 Å². The highest BCUT2D eigenvalue weighted by Gasteiger charge is 2.12. The smallest absolute Gasteiger partial charge is 0.148 e. The third kappa shape index (κ3) is 7.82. The van der Waals surface area contributed by atoms with Gasteiger partial charge in [-0.2, -0.15) is 11.8 Å². The molecule has 0 aromatic carbocycles. The Morgan fingerprint density at radius 1 is 1.19 bits per heavy atom. The number of ketones is 1. The maximum Gasteiger partial charge on any atom is 0.148 e. The molecule has 0 saturated carbocycles. The van der Waals surface area contributed by atoms with Crippen molar-refractivity contribution in [1.82, 2.24) is 0 Å². The SMILES string of the molecule is CCCC#CC(CC)C(=O)CCSCCC. The highest BCUT2D eigenvalue weighted by atomic mass is 32.2. The lowest BCUT2D eigenvalue weighted by Gasteiger charge is -2.06. The molecule has 0 spiro atoms. The lowest BCUT2D eigenvalue weighted by Crippen LogP contribution is -2.12. The summed E-state index contributed by atoms with van der Waals surface area (Å²) in [7, 11) is 0. The molecule has 0 rings (SSSR count). The van der Waals surface area contributed by atoms with Gasteiger partial charge >= 0.3 is 0 Å². The molecule has 1 nitrogen and oxygen atoms in total. The quantitative estimate of drug-likeness (QED) is 0.472. The molecule has 2 heteroatoms. The molecule has 0 radical (unpaired) electrons. The minimum atomic E-state index is -0.0197. The monoisotopic (exact) mass is 240 g/mol. The van der Waals surface area contributed by atoms with Crippen molar-refractivity contribution < 1.29 is 4.79 Å². The van der Waals surface area contributed by atoms with Gasteiger partial charge in [0.1, 0.15) is 5.78 Å². The Hall–Kier alpha value is -0.420. The first-order chi connectivity index (χ1) is 7.76. The Bertz CT molecular complexity index is 237. The third-order valence-corrected chi connectivity index (χ3v) is 3.48. The first-order valence-corrected chi connectivity index (χ1v) is 7.50. The summed E-state index contributed by atoms with van der Waals surface area (Å²) < 4.78 is 0. The van der Waals surface area contributed by atoms with Crippen molar-refractivity contribution in [3.8, 4) is 11.8 Å². The van der Waals surface area contributed by atoms with E-state index in [1.54, 1.807) is 0 Å². The molecule has 0 aromatic rings. The van der Waals surface area contributed by atoms with Gasteiger partial charge in [0.05, 0.1) is 5.92 Å². The Kier molecular flexibility index (Phi) is 10.8. The van der Waals surface area contributed by atoms with Crippen LogP contribution in [0.2, 0.25) is 0 Å². The Morgan fingerprint density at radius 2 is 1.94 bits per heavy atom. The molecule has 1 atom stereocenters. The van der Waals surface area contributed by atoms with Crippen molar-refractivity contribution in [2.24, 2.45) is 5.92 Å². The maximum atomic E-state index is 11.8. The largest absolute Gasteiger partial charge is 0.298 e. The molecule has 92 valence electrons. The van der Waals surface area contributed by atoms with Crippen LogP contribution in [0.15, 0.2) is 0 Å². The van der Waals surface area contributed by atoms with Crippen LogP contribution in [0.25, 0.3) is 0 Å². The molecule has 0 aromatic heterocycles. The minimum Gasteiger partial charge on any atom is -0.298 e. The van der Waals surface area contributed by atoms with Crippen LogP contribution in [0.4, 0.5) is 0 Å². The highest BCUT2D eigenvalue weighted by molar-refractivity contribution is 7.99. The molecule has 0 aliphatic carbocycles. The summed E-state index contributed by atoms with van der Waals surface area (Å²) in [5, 5.41) is 0. The lowest BCUT2D eigenvalue weighted by molar-refractivity contribution is -0.120. The van der Waals surface area contributed by atoms with E-state index in [0.29, 0.717) is 12.2 Å². The lowest BCUT2D eigenvalue weighted by atomic mass is 10.00. The second kappa shape index (κ2) is 11.1. The molecule has 0 fully saturated rings. The molecular formula is C14H24OS. The Morgan fingerprint density at radius 3 is 2.50 bits per heavy atom. The number of carbonyl (C=O) groups is 1. The summed E-state index contributed by atoms with van der Waals surface area (Å²) >= 11 is 1.87. The number of carbonyl (C=O) groups excluding carboxylic acids is 1. The Balaban J connectivity index is 3.88. The predicted octanol–water partition coefficient (Wildman–Crippen LogP) is 3.92. The van der Waals surface area contributed by atoms with E-state index in [1.807, 2.05) is 18.7 Å². The van der Waals surface area contributed by atoms with Crippen LogP contribution < -0.4 is 0 Å². The number of hydrogen-bond acceptors (Lipinski definition) is 2. The van der Waals surface area contributed by atoms with Gasteiger partial charge in [-0.05, 0) is 25.0 Å². The fourth-order valence-electron chi connectivity index (χ4n) is 1.32. The van der Waals surface area contributed by atoms with Crippen LogP contribution in [0.1, 0.15) is 52.9 Å². The number of unbranched alkanes of at least 4 members (excludes halogenated alkanes) is 1. The molecule has 0 heterocycles. The van der Waals surface area contributed by atoms with Gasteiger partial charge in [0.2, 0.25) is 0 Å². The highest BCUT2D eigenvalue weighted by Crippen LogP contribution is 2.10. The summed E-state index contributed by atoms with van der Waals surface area (Å²) in [4.78, 5) is 11.8. The van der Waals surface area contributed by atoms with Crippen molar-refractivity contribution in [3.63, 3.8) is 0 Å². The zero-order chi connectivity index (χ0) is 12.2. The summed E-state index contributed by atoms with van der Waals surface area (Å²) in [5.74, 6) is 8.62. The Labute approximate surface area is 105 Å². The first kappa shape index (κ1) is 15.6. The molecule has 0 aliphatic heterocycles. The van der Waals surface area contributed by atoms with Gasteiger partial charge in [-0.1, -0.05) is 26.7 Å². The number of Topliss-reactive ketones (excluding diaryl/α,β-unsaturated/α-hetero) is 1. The summed E-state index contributed by atoms with van der Waals surface area (Å²) in [6, 6.07) is 0. The fraction of sp³-hybridized carbons (Fsp3) is 0.786. The van der Waals surface area contributed by atoms with Crippen LogP contribution in [0.5, 0.6) is 0 Å². The number of thioether (sulfide) groups is 1. The van der Waals surface area contributed by atoms with Crippen molar-refractivity contribution in [2.45, 2.75) is 52.9 Å². The second-order valence-corrected chi connectivity index (χ2v) is 5.09. The predicted molar refractivity (Wildman–Crippen MR) is 73.7 cm³/mol. The van der Waals surface area contributed by atoms with Crippen molar-refractivity contribution in [2.75, 3.05) is 11.5 Å².